The van der Waals surface area contributed by atoms with Crippen LogP contribution in [0.1, 0.15) is 17.1 Å². The Bertz CT molecular complexity index is 854. The highest BCUT2D eigenvalue weighted by molar-refractivity contribution is 9.10. The first-order valence-electron chi connectivity index (χ1n) is 9.11. The zero-order valence-corrected chi connectivity index (χ0v) is 16.8. The van der Waals surface area contributed by atoms with Crippen molar-refractivity contribution in [2.45, 2.75) is 19.9 Å². The molecule has 2 aliphatic rings. The van der Waals surface area contributed by atoms with Crippen LogP contribution in [0.15, 0.2) is 28.7 Å². The molecule has 0 aliphatic carbocycles. The highest BCUT2D eigenvalue weighted by Crippen LogP contribution is 2.28. The second-order valence-corrected chi connectivity index (χ2v) is 7.65. The van der Waals surface area contributed by atoms with E-state index in [9.17, 15) is 4.79 Å². The number of carbonyl (C=O) groups excluding carboxylic acids is 1. The van der Waals surface area contributed by atoms with Gasteiger partial charge in [-0.1, -0.05) is 22.0 Å². The quantitative estimate of drug-likeness (QED) is 0.791. The number of fused-ring (bicyclic) bond motifs is 1. The van der Waals surface area contributed by atoms with Gasteiger partial charge in [-0.25, -0.2) is 14.8 Å². The summed E-state index contributed by atoms with van der Waals surface area (Å²) in [5.41, 5.74) is 2.88. The van der Waals surface area contributed by atoms with Gasteiger partial charge in [-0.15, -0.1) is 0 Å². The summed E-state index contributed by atoms with van der Waals surface area (Å²) in [7, 11) is 0. The monoisotopic (exact) mass is 431 g/mol. The van der Waals surface area contributed by atoms with Crippen molar-refractivity contribution in [3.05, 3.63) is 45.8 Å². The molecule has 2 aliphatic heterocycles. The third kappa shape index (κ3) is 4.06. The fourth-order valence-electron chi connectivity index (χ4n) is 3.50. The number of nitrogens with one attached hydrogen (secondary N) is 1. The van der Waals surface area contributed by atoms with Crippen LogP contribution >= 0.6 is 15.9 Å². The molecule has 4 rings (SSSR count). The number of ether oxygens (including phenoxy) is 1. The molecule has 1 aromatic carbocycles. The van der Waals surface area contributed by atoms with E-state index in [4.69, 9.17) is 9.72 Å². The maximum Gasteiger partial charge on any atom is 0.322 e. The van der Waals surface area contributed by atoms with E-state index in [1.54, 1.807) is 0 Å². The number of rotatable bonds is 2. The first-order chi connectivity index (χ1) is 13.1. The summed E-state index contributed by atoms with van der Waals surface area (Å²) >= 11 is 3.43. The lowest BCUT2D eigenvalue weighted by molar-refractivity contribution is 0.122. The second kappa shape index (κ2) is 7.82. The molecule has 1 N–H and O–H groups in total. The van der Waals surface area contributed by atoms with E-state index < -0.39 is 0 Å². The van der Waals surface area contributed by atoms with Gasteiger partial charge >= 0.3 is 6.03 Å². The predicted molar refractivity (Wildman–Crippen MR) is 107 cm³/mol. The molecule has 3 heterocycles. The third-order valence-electron chi connectivity index (χ3n) is 4.82. The zero-order chi connectivity index (χ0) is 18.8. The van der Waals surface area contributed by atoms with Crippen molar-refractivity contribution in [3.63, 3.8) is 0 Å². The lowest BCUT2D eigenvalue weighted by Crippen LogP contribution is -2.42. The molecule has 1 fully saturated rings. The van der Waals surface area contributed by atoms with E-state index in [0.29, 0.717) is 26.3 Å². The lowest BCUT2D eigenvalue weighted by atomic mass is 10.1. The Morgan fingerprint density at radius 2 is 2.04 bits per heavy atom. The summed E-state index contributed by atoms with van der Waals surface area (Å²) in [4.78, 5) is 26.2. The number of nitrogens with zero attached hydrogens (tertiary/aromatic N) is 4. The Hall–Kier alpha value is -2.19. The van der Waals surface area contributed by atoms with Gasteiger partial charge in [0.2, 0.25) is 0 Å². The molecule has 0 saturated carbocycles. The molecular weight excluding hydrogens is 410 g/mol. The van der Waals surface area contributed by atoms with Crippen LogP contribution in [0.3, 0.4) is 0 Å². The van der Waals surface area contributed by atoms with Crippen molar-refractivity contribution in [1.29, 1.82) is 0 Å². The van der Waals surface area contributed by atoms with Gasteiger partial charge in [-0.3, -0.25) is 0 Å². The summed E-state index contributed by atoms with van der Waals surface area (Å²) in [6.07, 6.45) is 0.738. The highest BCUT2D eigenvalue weighted by atomic mass is 79.9. The van der Waals surface area contributed by atoms with Crippen LogP contribution in [0.4, 0.5) is 16.3 Å². The second-order valence-electron chi connectivity index (χ2n) is 6.73. The highest BCUT2D eigenvalue weighted by Gasteiger charge is 2.27. The van der Waals surface area contributed by atoms with Crippen molar-refractivity contribution < 1.29 is 9.53 Å². The summed E-state index contributed by atoms with van der Waals surface area (Å²) in [5.74, 6) is 1.73. The normalized spacial score (nSPS) is 16.8. The molecule has 1 saturated heterocycles. The van der Waals surface area contributed by atoms with E-state index in [0.717, 1.165) is 52.6 Å². The average molecular weight is 432 g/mol. The number of aromatic nitrogens is 2. The SMILES string of the molecule is Cc1nc2c(c(N3CCOCC3)n1)CN(C(=O)Nc1cccc(Br)c1)CC2. The van der Waals surface area contributed by atoms with Crippen LogP contribution in [0.5, 0.6) is 0 Å². The van der Waals surface area contributed by atoms with E-state index in [1.165, 1.54) is 0 Å². The first-order valence-corrected chi connectivity index (χ1v) is 9.90. The van der Waals surface area contributed by atoms with E-state index >= 15 is 0 Å². The smallest absolute Gasteiger partial charge is 0.322 e. The molecule has 0 unspecified atom stereocenters. The van der Waals surface area contributed by atoms with E-state index in [-0.39, 0.29) is 6.03 Å². The number of amides is 2. The van der Waals surface area contributed by atoms with Gasteiger partial charge in [0.25, 0.3) is 0 Å². The minimum atomic E-state index is -0.104. The lowest BCUT2D eigenvalue weighted by Gasteiger charge is -2.34. The Balaban J connectivity index is 1.55. The van der Waals surface area contributed by atoms with Gasteiger partial charge < -0.3 is 19.9 Å². The number of morpholine rings is 1. The van der Waals surface area contributed by atoms with Gasteiger partial charge in [0.05, 0.1) is 25.5 Å². The third-order valence-corrected chi connectivity index (χ3v) is 5.32. The van der Waals surface area contributed by atoms with Crippen LogP contribution in [0.2, 0.25) is 0 Å². The molecule has 142 valence electrons. The van der Waals surface area contributed by atoms with Crippen LogP contribution in [0.25, 0.3) is 0 Å². The molecule has 0 spiro atoms. The van der Waals surface area contributed by atoms with Crippen molar-refractivity contribution in [2.24, 2.45) is 0 Å². The largest absolute Gasteiger partial charge is 0.378 e. The Morgan fingerprint density at radius 1 is 1.22 bits per heavy atom. The van der Waals surface area contributed by atoms with Crippen molar-refractivity contribution in [1.82, 2.24) is 14.9 Å². The minimum Gasteiger partial charge on any atom is -0.378 e. The van der Waals surface area contributed by atoms with Crippen LogP contribution in [0, 0.1) is 6.92 Å². The van der Waals surface area contributed by atoms with Gasteiger partial charge in [-0.2, -0.15) is 0 Å². The van der Waals surface area contributed by atoms with Crippen molar-refractivity contribution in [3.8, 4) is 0 Å². The minimum absolute atomic E-state index is 0.104. The number of hydrogen-bond acceptors (Lipinski definition) is 5. The number of carbonyl (C=O) groups is 1. The standard InChI is InChI=1S/C19H22BrN5O2/c1-13-21-17-5-6-25(19(26)23-15-4-2-3-14(20)11-15)12-16(17)18(22-13)24-7-9-27-10-8-24/h2-4,11H,5-10,12H2,1H3,(H,23,26). The molecular formula is C19H22BrN5O2. The molecule has 8 heteroatoms. The van der Waals surface area contributed by atoms with Gasteiger partial charge in [-0.05, 0) is 25.1 Å². The number of halogens is 1. The fraction of sp³-hybridized carbons (Fsp3) is 0.421. The number of hydrogen-bond donors (Lipinski definition) is 1. The number of anilines is 2. The van der Waals surface area contributed by atoms with Crippen LogP contribution in [-0.2, 0) is 17.7 Å². The number of aryl methyl sites for hydroxylation is 1. The van der Waals surface area contributed by atoms with Gasteiger partial charge in [0.1, 0.15) is 11.6 Å². The summed E-state index contributed by atoms with van der Waals surface area (Å²) < 4.78 is 6.40. The molecule has 2 aromatic rings. The number of benzene rings is 1. The Morgan fingerprint density at radius 3 is 2.81 bits per heavy atom. The van der Waals surface area contributed by atoms with Gasteiger partial charge in [0.15, 0.2) is 0 Å². The molecule has 2 amide bonds. The van der Waals surface area contributed by atoms with Gasteiger partial charge in [0, 0.05) is 41.8 Å². The maximum atomic E-state index is 12.8. The molecule has 1 aromatic heterocycles. The van der Waals surface area contributed by atoms with Crippen molar-refractivity contribution in [2.75, 3.05) is 43.1 Å². The Kier molecular flexibility index (Phi) is 5.27. The molecule has 0 bridgehead atoms. The zero-order valence-electron chi connectivity index (χ0n) is 15.2. The Labute approximate surface area is 166 Å². The molecule has 7 nitrogen and oxygen atoms in total. The predicted octanol–water partition coefficient (Wildman–Crippen LogP) is 2.97. The molecule has 0 atom stereocenters. The van der Waals surface area contributed by atoms with Crippen LogP contribution < -0.4 is 10.2 Å². The summed E-state index contributed by atoms with van der Waals surface area (Å²) in [5, 5.41) is 2.98. The summed E-state index contributed by atoms with van der Waals surface area (Å²) in [6, 6.07) is 7.50. The first kappa shape index (κ1) is 18.2. The summed E-state index contributed by atoms with van der Waals surface area (Å²) in [6.45, 7) is 6.11. The van der Waals surface area contributed by atoms with Crippen LogP contribution in [-0.4, -0.2) is 53.7 Å². The average Bonchev–Trinajstić information content (AvgIpc) is 2.67. The van der Waals surface area contributed by atoms with Crippen molar-refractivity contribution >= 4 is 33.5 Å². The number of urea groups is 1. The fourth-order valence-corrected chi connectivity index (χ4v) is 3.90. The maximum absolute atomic E-state index is 12.8. The van der Waals surface area contributed by atoms with E-state index in [1.807, 2.05) is 36.1 Å². The van der Waals surface area contributed by atoms with E-state index in [2.05, 4.69) is 31.1 Å². The molecule has 27 heavy (non-hydrogen) atoms. The molecule has 0 radical (unpaired) electrons. The topological polar surface area (TPSA) is 70.6 Å².